The normalized spacial score (nSPS) is 17.9. The van der Waals surface area contributed by atoms with Crippen molar-refractivity contribution in [3.05, 3.63) is 65.7 Å². The van der Waals surface area contributed by atoms with Gasteiger partial charge in [0.25, 0.3) is 5.91 Å². The molecule has 1 atom stereocenters. The Kier molecular flexibility index (Phi) is 4.69. The van der Waals surface area contributed by atoms with E-state index in [9.17, 15) is 13.2 Å². The second-order valence-electron chi connectivity index (χ2n) is 6.04. The van der Waals surface area contributed by atoms with E-state index in [2.05, 4.69) is 4.72 Å². The van der Waals surface area contributed by atoms with E-state index in [1.807, 2.05) is 25.1 Å². The minimum atomic E-state index is -3.56. The molecule has 1 fully saturated rings. The standard InChI is InChI=1S/C18H20N2O3S/c1-14-7-9-17(10-8-14)24(22,23)19-16-11-12-20(13-16)18(21)15-5-3-2-4-6-15/h2-10,16,19H,11-13H2,1H3. The number of aryl methyl sites for hydroxylation is 1. The van der Waals surface area contributed by atoms with Crippen LogP contribution >= 0.6 is 0 Å². The first-order valence-corrected chi connectivity index (χ1v) is 9.37. The monoisotopic (exact) mass is 344 g/mol. The molecule has 6 heteroatoms. The smallest absolute Gasteiger partial charge is 0.253 e. The van der Waals surface area contributed by atoms with Crippen LogP contribution in [0.4, 0.5) is 0 Å². The number of sulfonamides is 1. The maximum atomic E-state index is 12.4. The van der Waals surface area contributed by atoms with E-state index in [0.29, 0.717) is 25.1 Å². The van der Waals surface area contributed by atoms with E-state index in [4.69, 9.17) is 0 Å². The van der Waals surface area contributed by atoms with Gasteiger partial charge in [-0.3, -0.25) is 4.79 Å². The van der Waals surface area contributed by atoms with Crippen LogP contribution in [0.3, 0.4) is 0 Å². The molecule has 1 N–H and O–H groups in total. The second-order valence-corrected chi connectivity index (χ2v) is 7.75. The van der Waals surface area contributed by atoms with Crippen LogP contribution in [0.15, 0.2) is 59.5 Å². The van der Waals surface area contributed by atoms with Gasteiger partial charge in [0.2, 0.25) is 10.0 Å². The van der Waals surface area contributed by atoms with Gasteiger partial charge in [-0.25, -0.2) is 13.1 Å². The van der Waals surface area contributed by atoms with Crippen molar-refractivity contribution < 1.29 is 13.2 Å². The molecule has 3 rings (SSSR count). The minimum absolute atomic E-state index is 0.0624. The third-order valence-corrected chi connectivity index (χ3v) is 5.69. The van der Waals surface area contributed by atoms with Crippen molar-refractivity contribution in [3.8, 4) is 0 Å². The summed E-state index contributed by atoms with van der Waals surface area (Å²) >= 11 is 0. The van der Waals surface area contributed by atoms with Gasteiger partial charge >= 0.3 is 0 Å². The van der Waals surface area contributed by atoms with Gasteiger partial charge in [0.15, 0.2) is 0 Å². The fraction of sp³-hybridized carbons (Fsp3) is 0.278. The number of hydrogen-bond donors (Lipinski definition) is 1. The number of hydrogen-bond acceptors (Lipinski definition) is 3. The Morgan fingerprint density at radius 2 is 1.75 bits per heavy atom. The van der Waals surface area contributed by atoms with Gasteiger partial charge in [-0.2, -0.15) is 0 Å². The molecule has 1 aliphatic heterocycles. The predicted molar refractivity (Wildman–Crippen MR) is 92.3 cm³/mol. The molecule has 1 saturated heterocycles. The molecule has 0 bridgehead atoms. The largest absolute Gasteiger partial charge is 0.337 e. The average Bonchev–Trinajstić information content (AvgIpc) is 3.03. The Labute approximate surface area is 142 Å². The van der Waals surface area contributed by atoms with Crippen molar-refractivity contribution in [1.82, 2.24) is 9.62 Å². The molecule has 1 heterocycles. The first-order valence-electron chi connectivity index (χ1n) is 7.89. The van der Waals surface area contributed by atoms with Gasteiger partial charge in [0.1, 0.15) is 0 Å². The number of carbonyl (C=O) groups excluding carboxylic acids is 1. The highest BCUT2D eigenvalue weighted by atomic mass is 32.2. The van der Waals surface area contributed by atoms with Crippen molar-refractivity contribution >= 4 is 15.9 Å². The van der Waals surface area contributed by atoms with Crippen molar-refractivity contribution in [2.24, 2.45) is 0 Å². The summed E-state index contributed by atoms with van der Waals surface area (Å²) in [5.74, 6) is -0.0624. The molecule has 126 valence electrons. The second kappa shape index (κ2) is 6.75. The summed E-state index contributed by atoms with van der Waals surface area (Å²) in [5, 5.41) is 0. The molecule has 1 aliphatic rings. The zero-order chi connectivity index (χ0) is 17.2. The Hall–Kier alpha value is -2.18. The summed E-state index contributed by atoms with van der Waals surface area (Å²) in [6.45, 7) is 2.85. The van der Waals surface area contributed by atoms with E-state index in [1.54, 1.807) is 41.3 Å². The number of amides is 1. The molecule has 0 saturated carbocycles. The first kappa shape index (κ1) is 16.7. The molecular weight excluding hydrogens is 324 g/mol. The molecule has 1 unspecified atom stereocenters. The Bertz CT molecular complexity index is 817. The topological polar surface area (TPSA) is 66.5 Å². The van der Waals surface area contributed by atoms with Crippen LogP contribution in [0.2, 0.25) is 0 Å². The zero-order valence-electron chi connectivity index (χ0n) is 13.5. The van der Waals surface area contributed by atoms with Crippen LogP contribution in [0.1, 0.15) is 22.3 Å². The predicted octanol–water partition coefficient (Wildman–Crippen LogP) is 2.19. The quantitative estimate of drug-likeness (QED) is 0.924. The van der Waals surface area contributed by atoms with Crippen molar-refractivity contribution in [1.29, 1.82) is 0 Å². The maximum absolute atomic E-state index is 12.4. The van der Waals surface area contributed by atoms with Crippen LogP contribution in [0.5, 0.6) is 0 Å². The molecule has 24 heavy (non-hydrogen) atoms. The summed E-state index contributed by atoms with van der Waals surface area (Å²) in [6, 6.07) is 15.5. The van der Waals surface area contributed by atoms with E-state index in [-0.39, 0.29) is 16.8 Å². The summed E-state index contributed by atoms with van der Waals surface area (Å²) < 4.78 is 27.6. The van der Waals surface area contributed by atoms with Gasteiger partial charge in [-0.05, 0) is 37.6 Å². The number of benzene rings is 2. The third-order valence-electron chi connectivity index (χ3n) is 4.15. The number of carbonyl (C=O) groups is 1. The van der Waals surface area contributed by atoms with Gasteiger partial charge in [-0.1, -0.05) is 35.9 Å². The summed E-state index contributed by atoms with van der Waals surface area (Å²) in [4.78, 5) is 14.4. The first-order chi connectivity index (χ1) is 11.5. The Morgan fingerprint density at radius 1 is 1.08 bits per heavy atom. The molecule has 1 amide bonds. The highest BCUT2D eigenvalue weighted by molar-refractivity contribution is 7.89. The lowest BCUT2D eigenvalue weighted by Crippen LogP contribution is -2.38. The van der Waals surface area contributed by atoms with E-state index >= 15 is 0 Å². The summed E-state index contributed by atoms with van der Waals surface area (Å²) in [6.07, 6.45) is 0.615. The van der Waals surface area contributed by atoms with Crippen molar-refractivity contribution in [2.45, 2.75) is 24.3 Å². The molecule has 0 spiro atoms. The lowest BCUT2D eigenvalue weighted by Gasteiger charge is -2.17. The average molecular weight is 344 g/mol. The lowest BCUT2D eigenvalue weighted by molar-refractivity contribution is 0.0790. The minimum Gasteiger partial charge on any atom is -0.337 e. The Morgan fingerprint density at radius 3 is 2.42 bits per heavy atom. The van der Waals surface area contributed by atoms with Crippen LogP contribution in [0.25, 0.3) is 0 Å². The highest BCUT2D eigenvalue weighted by Crippen LogP contribution is 2.17. The van der Waals surface area contributed by atoms with Crippen molar-refractivity contribution in [3.63, 3.8) is 0 Å². The van der Waals surface area contributed by atoms with Gasteiger partial charge in [0, 0.05) is 24.7 Å². The molecular formula is C18H20N2O3S. The van der Waals surface area contributed by atoms with Crippen LogP contribution in [-0.4, -0.2) is 38.4 Å². The molecule has 2 aromatic rings. The maximum Gasteiger partial charge on any atom is 0.253 e. The van der Waals surface area contributed by atoms with Gasteiger partial charge < -0.3 is 4.90 Å². The Balaban J connectivity index is 1.66. The van der Waals surface area contributed by atoms with E-state index < -0.39 is 10.0 Å². The van der Waals surface area contributed by atoms with Gasteiger partial charge in [0.05, 0.1) is 4.90 Å². The van der Waals surface area contributed by atoms with Crippen LogP contribution in [-0.2, 0) is 10.0 Å². The molecule has 5 nitrogen and oxygen atoms in total. The molecule has 2 aromatic carbocycles. The molecule has 0 radical (unpaired) electrons. The van der Waals surface area contributed by atoms with Gasteiger partial charge in [-0.15, -0.1) is 0 Å². The number of nitrogens with zero attached hydrogens (tertiary/aromatic N) is 1. The van der Waals surface area contributed by atoms with Crippen molar-refractivity contribution in [2.75, 3.05) is 13.1 Å². The zero-order valence-corrected chi connectivity index (χ0v) is 14.3. The van der Waals surface area contributed by atoms with Crippen LogP contribution < -0.4 is 4.72 Å². The summed E-state index contributed by atoms with van der Waals surface area (Å²) in [5.41, 5.74) is 1.63. The SMILES string of the molecule is Cc1ccc(S(=O)(=O)NC2CCN(C(=O)c3ccccc3)C2)cc1. The van der Waals surface area contributed by atoms with E-state index in [0.717, 1.165) is 5.56 Å². The fourth-order valence-electron chi connectivity index (χ4n) is 2.81. The molecule has 0 aliphatic carbocycles. The lowest BCUT2D eigenvalue weighted by atomic mass is 10.2. The number of rotatable bonds is 4. The van der Waals surface area contributed by atoms with E-state index in [1.165, 1.54) is 0 Å². The van der Waals surface area contributed by atoms with Crippen LogP contribution in [0, 0.1) is 6.92 Å². The summed E-state index contributed by atoms with van der Waals surface area (Å²) in [7, 11) is -3.56. The number of likely N-dealkylation sites (tertiary alicyclic amines) is 1. The highest BCUT2D eigenvalue weighted by Gasteiger charge is 2.30. The fourth-order valence-corrected chi connectivity index (χ4v) is 4.07. The molecule has 0 aromatic heterocycles. The number of nitrogens with one attached hydrogen (secondary N) is 1. The third kappa shape index (κ3) is 3.66.